The van der Waals surface area contributed by atoms with E-state index in [1.54, 1.807) is 0 Å². The van der Waals surface area contributed by atoms with Gasteiger partial charge in [0, 0.05) is 19.1 Å². The maximum atomic E-state index is 9.56. The van der Waals surface area contributed by atoms with Crippen molar-refractivity contribution in [3.63, 3.8) is 0 Å². The van der Waals surface area contributed by atoms with Crippen LogP contribution in [-0.4, -0.2) is 23.1 Å². The highest BCUT2D eigenvalue weighted by molar-refractivity contribution is 5.40. The summed E-state index contributed by atoms with van der Waals surface area (Å²) < 4.78 is 0. The normalized spacial score (nSPS) is 32.4. The van der Waals surface area contributed by atoms with Crippen molar-refractivity contribution in [1.82, 2.24) is 4.90 Å². The lowest BCUT2D eigenvalue weighted by atomic mass is 9.90. The fourth-order valence-corrected chi connectivity index (χ4v) is 3.93. The van der Waals surface area contributed by atoms with Gasteiger partial charge < -0.3 is 5.11 Å². The summed E-state index contributed by atoms with van der Waals surface area (Å²) in [7, 11) is 0. The largest absolute Gasteiger partial charge is 0.508 e. The Morgan fingerprint density at radius 3 is 2.61 bits per heavy atom. The van der Waals surface area contributed by atoms with Crippen LogP contribution in [0.2, 0.25) is 0 Å². The number of fused-ring (bicyclic) bond motifs is 1. The predicted octanol–water partition coefficient (Wildman–Crippen LogP) is 3.36. The Kier molecular flexibility index (Phi) is 3.06. The third-order valence-electron chi connectivity index (χ3n) is 4.51. The Hall–Kier alpha value is -1.02. The van der Waals surface area contributed by atoms with Gasteiger partial charge in [0.15, 0.2) is 0 Å². The van der Waals surface area contributed by atoms with Gasteiger partial charge in [0.05, 0.1) is 0 Å². The first-order valence-corrected chi connectivity index (χ1v) is 7.19. The zero-order valence-corrected chi connectivity index (χ0v) is 11.4. The monoisotopic (exact) mass is 245 g/mol. The van der Waals surface area contributed by atoms with Gasteiger partial charge in [-0.25, -0.2) is 0 Å². The summed E-state index contributed by atoms with van der Waals surface area (Å²) in [6.45, 7) is 7.20. The van der Waals surface area contributed by atoms with Crippen molar-refractivity contribution in [2.75, 3.05) is 13.1 Å². The number of hydrogen-bond donors (Lipinski definition) is 1. The number of benzene rings is 1. The molecule has 0 spiro atoms. The Balaban J connectivity index is 1.83. The van der Waals surface area contributed by atoms with Crippen molar-refractivity contribution in [3.05, 3.63) is 29.3 Å². The van der Waals surface area contributed by atoms with E-state index < -0.39 is 0 Å². The molecule has 0 aromatic heterocycles. The summed E-state index contributed by atoms with van der Waals surface area (Å²) in [6.07, 6.45) is 3.71. The zero-order valence-electron chi connectivity index (χ0n) is 11.4. The minimum Gasteiger partial charge on any atom is -0.508 e. The molecule has 2 heteroatoms. The molecule has 18 heavy (non-hydrogen) atoms. The number of aromatic hydroxyl groups is 1. The van der Waals surface area contributed by atoms with E-state index in [0.717, 1.165) is 18.3 Å². The molecule has 0 radical (unpaired) electrons. The number of hydrogen-bond acceptors (Lipinski definition) is 2. The van der Waals surface area contributed by atoms with Crippen LogP contribution in [0.5, 0.6) is 5.75 Å². The van der Waals surface area contributed by atoms with Gasteiger partial charge in [-0.1, -0.05) is 19.9 Å². The van der Waals surface area contributed by atoms with Crippen LogP contribution in [0.15, 0.2) is 18.2 Å². The maximum Gasteiger partial charge on any atom is 0.115 e. The standard InChI is InChI=1S/C16H23NO/c1-11-7-12(2)10-17(9-11)16-6-3-13-8-14(18)4-5-15(13)16/h4-5,8,11-12,16,18H,3,6-7,9-10H2,1-2H3. The second kappa shape index (κ2) is 4.58. The molecule has 0 amide bonds. The van der Waals surface area contributed by atoms with Gasteiger partial charge in [-0.3, -0.25) is 4.90 Å². The Labute approximate surface area is 110 Å². The second-order valence-electron chi connectivity index (χ2n) is 6.34. The molecule has 1 aromatic rings. The summed E-state index contributed by atoms with van der Waals surface area (Å²) in [5.74, 6) is 2.04. The van der Waals surface area contributed by atoms with E-state index in [4.69, 9.17) is 0 Å². The first-order valence-electron chi connectivity index (χ1n) is 7.19. The van der Waals surface area contributed by atoms with Crippen molar-refractivity contribution >= 4 is 0 Å². The SMILES string of the molecule is CC1CC(C)CN(C2CCc3cc(O)ccc32)C1. The van der Waals surface area contributed by atoms with Crippen molar-refractivity contribution < 1.29 is 5.11 Å². The van der Waals surface area contributed by atoms with E-state index >= 15 is 0 Å². The Morgan fingerprint density at radius 2 is 1.89 bits per heavy atom. The number of likely N-dealkylation sites (tertiary alicyclic amines) is 1. The van der Waals surface area contributed by atoms with Crippen LogP contribution < -0.4 is 0 Å². The molecule has 0 saturated carbocycles. The highest BCUT2D eigenvalue weighted by Crippen LogP contribution is 2.39. The van der Waals surface area contributed by atoms with Crippen LogP contribution in [-0.2, 0) is 6.42 Å². The minimum absolute atomic E-state index is 0.412. The molecule has 3 rings (SSSR count). The molecule has 2 nitrogen and oxygen atoms in total. The summed E-state index contributed by atoms with van der Waals surface area (Å²) in [4.78, 5) is 2.67. The molecule has 2 aliphatic rings. The van der Waals surface area contributed by atoms with Gasteiger partial charge in [0.1, 0.15) is 5.75 Å². The van der Waals surface area contributed by atoms with Crippen molar-refractivity contribution in [1.29, 1.82) is 0 Å². The molecule has 3 unspecified atom stereocenters. The molecule has 1 heterocycles. The number of aryl methyl sites for hydroxylation is 1. The fraction of sp³-hybridized carbons (Fsp3) is 0.625. The van der Waals surface area contributed by atoms with Crippen LogP contribution in [0.1, 0.15) is 43.9 Å². The highest BCUT2D eigenvalue weighted by atomic mass is 16.3. The second-order valence-corrected chi connectivity index (χ2v) is 6.34. The Morgan fingerprint density at radius 1 is 1.17 bits per heavy atom. The molecule has 1 aliphatic heterocycles. The molecule has 1 fully saturated rings. The lowest BCUT2D eigenvalue weighted by Gasteiger charge is -2.39. The van der Waals surface area contributed by atoms with E-state index in [0.29, 0.717) is 11.8 Å². The maximum absolute atomic E-state index is 9.56. The third kappa shape index (κ3) is 2.14. The van der Waals surface area contributed by atoms with E-state index in [1.807, 2.05) is 12.1 Å². The van der Waals surface area contributed by atoms with Crippen molar-refractivity contribution in [2.45, 2.75) is 39.2 Å². The quantitative estimate of drug-likeness (QED) is 0.820. The number of piperidine rings is 1. The molecule has 1 N–H and O–H groups in total. The average molecular weight is 245 g/mol. The highest BCUT2D eigenvalue weighted by Gasteiger charge is 2.32. The van der Waals surface area contributed by atoms with Crippen LogP contribution >= 0.6 is 0 Å². The zero-order chi connectivity index (χ0) is 12.7. The molecular weight excluding hydrogens is 222 g/mol. The van der Waals surface area contributed by atoms with Crippen LogP contribution in [0, 0.1) is 11.8 Å². The fourth-order valence-electron chi connectivity index (χ4n) is 3.93. The number of phenolic OH excluding ortho intramolecular Hbond substituents is 1. The molecule has 0 bridgehead atoms. The third-order valence-corrected chi connectivity index (χ3v) is 4.51. The van der Waals surface area contributed by atoms with Gasteiger partial charge in [0.25, 0.3) is 0 Å². The molecule has 1 aromatic carbocycles. The summed E-state index contributed by atoms with van der Waals surface area (Å²) in [5.41, 5.74) is 2.81. The van der Waals surface area contributed by atoms with E-state index in [2.05, 4.69) is 24.8 Å². The summed E-state index contributed by atoms with van der Waals surface area (Å²) >= 11 is 0. The molecular formula is C16H23NO. The Bertz CT molecular complexity index is 433. The number of nitrogens with zero attached hydrogens (tertiary/aromatic N) is 1. The van der Waals surface area contributed by atoms with E-state index in [9.17, 15) is 5.11 Å². The first kappa shape index (κ1) is 12.0. The first-order chi connectivity index (χ1) is 8.63. The van der Waals surface area contributed by atoms with Gasteiger partial charge in [0.2, 0.25) is 0 Å². The summed E-state index contributed by atoms with van der Waals surface area (Å²) in [6, 6.07) is 6.51. The molecule has 1 saturated heterocycles. The van der Waals surface area contributed by atoms with Crippen molar-refractivity contribution in [2.24, 2.45) is 11.8 Å². The average Bonchev–Trinajstić information content (AvgIpc) is 2.70. The van der Waals surface area contributed by atoms with E-state index in [-0.39, 0.29) is 0 Å². The minimum atomic E-state index is 0.412. The van der Waals surface area contributed by atoms with Gasteiger partial charge in [-0.2, -0.15) is 0 Å². The molecule has 98 valence electrons. The summed E-state index contributed by atoms with van der Waals surface area (Å²) in [5, 5.41) is 9.56. The molecule has 3 atom stereocenters. The van der Waals surface area contributed by atoms with Crippen LogP contribution in [0.25, 0.3) is 0 Å². The van der Waals surface area contributed by atoms with Crippen LogP contribution in [0.3, 0.4) is 0 Å². The topological polar surface area (TPSA) is 23.5 Å². The number of phenols is 1. The smallest absolute Gasteiger partial charge is 0.115 e. The van der Waals surface area contributed by atoms with Gasteiger partial charge >= 0.3 is 0 Å². The van der Waals surface area contributed by atoms with E-state index in [1.165, 1.54) is 37.1 Å². The number of rotatable bonds is 1. The van der Waals surface area contributed by atoms with Gasteiger partial charge in [-0.05, 0) is 54.4 Å². The van der Waals surface area contributed by atoms with Crippen molar-refractivity contribution in [3.8, 4) is 5.75 Å². The predicted molar refractivity (Wildman–Crippen MR) is 73.7 cm³/mol. The van der Waals surface area contributed by atoms with Gasteiger partial charge in [-0.15, -0.1) is 0 Å². The molecule has 1 aliphatic carbocycles. The lowest BCUT2D eigenvalue weighted by Crippen LogP contribution is -2.40. The van der Waals surface area contributed by atoms with Crippen LogP contribution in [0.4, 0.5) is 0 Å². The lowest BCUT2D eigenvalue weighted by molar-refractivity contribution is 0.0954.